The quantitative estimate of drug-likeness (QED) is 0.726. The number of amidine groups is 1. The van der Waals surface area contributed by atoms with Crippen LogP contribution in [0.25, 0.3) is 0 Å². The van der Waals surface area contributed by atoms with Crippen molar-refractivity contribution in [1.29, 1.82) is 0 Å². The predicted octanol–water partition coefficient (Wildman–Crippen LogP) is 2.82. The topological polar surface area (TPSA) is 105 Å². The molecule has 2 aliphatic rings. The average molecular weight is 468 g/mol. The summed E-state index contributed by atoms with van der Waals surface area (Å²) >= 11 is 1.34. The molecule has 0 radical (unpaired) electrons. The summed E-state index contributed by atoms with van der Waals surface area (Å²) in [5.41, 5.74) is 2.28. The number of sulfone groups is 1. The Kier molecular flexibility index (Phi) is 6.71. The highest BCUT2D eigenvalue weighted by atomic mass is 32.2. The maximum absolute atomic E-state index is 12.5. The predicted molar refractivity (Wildman–Crippen MR) is 124 cm³/mol. The number of carbonyl (C=O) groups is 2. The lowest BCUT2D eigenvalue weighted by Crippen LogP contribution is -2.38. The van der Waals surface area contributed by atoms with Crippen molar-refractivity contribution in [3.8, 4) is 0 Å². The van der Waals surface area contributed by atoms with E-state index in [0.717, 1.165) is 16.8 Å². The van der Waals surface area contributed by atoms with Gasteiger partial charge in [0.2, 0.25) is 5.91 Å². The van der Waals surface area contributed by atoms with Crippen molar-refractivity contribution in [2.75, 3.05) is 23.0 Å². The van der Waals surface area contributed by atoms with E-state index >= 15 is 0 Å². The first-order valence-electron chi connectivity index (χ1n) is 10.2. The van der Waals surface area contributed by atoms with E-state index in [0.29, 0.717) is 5.17 Å². The molecule has 1 aromatic rings. The van der Waals surface area contributed by atoms with Crippen molar-refractivity contribution >= 4 is 44.5 Å². The molecule has 0 spiro atoms. The number of benzene rings is 1. The Morgan fingerprint density at radius 2 is 1.87 bits per heavy atom. The fourth-order valence-corrected chi connectivity index (χ4v) is 7.68. The zero-order valence-corrected chi connectivity index (χ0v) is 20.1. The third-order valence-electron chi connectivity index (χ3n) is 4.97. The Hall–Kier alpha value is -2.07. The van der Waals surface area contributed by atoms with Gasteiger partial charge in [0, 0.05) is 23.9 Å². The fourth-order valence-electron chi connectivity index (χ4n) is 3.76. The van der Waals surface area contributed by atoms with Crippen LogP contribution in [0.5, 0.6) is 0 Å². The second-order valence-electron chi connectivity index (χ2n) is 8.88. The Morgan fingerprint density at radius 3 is 2.48 bits per heavy atom. The minimum absolute atomic E-state index is 0.0253. The van der Waals surface area contributed by atoms with Gasteiger partial charge in [-0.05, 0) is 45.7 Å². The van der Waals surface area contributed by atoms with Gasteiger partial charge < -0.3 is 15.0 Å². The van der Waals surface area contributed by atoms with Gasteiger partial charge in [-0.2, -0.15) is 4.99 Å². The molecular formula is C21H29N3O5S2. The van der Waals surface area contributed by atoms with Crippen LogP contribution in [0.4, 0.5) is 10.5 Å². The molecule has 31 heavy (non-hydrogen) atoms. The number of anilines is 1. The van der Waals surface area contributed by atoms with Crippen LogP contribution < -0.4 is 10.2 Å². The van der Waals surface area contributed by atoms with Gasteiger partial charge >= 0.3 is 6.09 Å². The first-order valence-corrected chi connectivity index (χ1v) is 12.9. The van der Waals surface area contributed by atoms with Crippen LogP contribution in [0.1, 0.15) is 38.3 Å². The Balaban J connectivity index is 1.77. The minimum atomic E-state index is -3.13. The SMILES string of the molecule is Cc1cccc(C)c1N1C(=NC(=O)CCNC(=O)OC(C)(C)C)S[C@H]2CS(=O)(=O)C[C@H]21. The number of para-hydroxylation sites is 1. The summed E-state index contributed by atoms with van der Waals surface area (Å²) in [5, 5.41) is 2.92. The van der Waals surface area contributed by atoms with Crippen molar-refractivity contribution in [1.82, 2.24) is 5.32 Å². The highest BCUT2D eigenvalue weighted by Crippen LogP contribution is 2.43. The number of hydrogen-bond donors (Lipinski definition) is 1. The molecule has 2 fully saturated rings. The standard InChI is InChI=1S/C21H29N3O5S2/c1-13-7-6-8-14(2)18(13)24-15-11-31(27,28)12-16(15)30-19(24)23-17(25)9-10-22-20(26)29-21(3,4)5/h6-8,15-16H,9-12H2,1-5H3,(H,22,26)/t15-,16+/m1/s1. The van der Waals surface area contributed by atoms with Crippen LogP contribution in [0, 0.1) is 13.8 Å². The Labute approximate surface area is 187 Å². The van der Waals surface area contributed by atoms with Crippen molar-refractivity contribution < 1.29 is 22.7 Å². The van der Waals surface area contributed by atoms with Crippen molar-refractivity contribution in [2.24, 2.45) is 4.99 Å². The normalized spacial score (nSPS) is 23.6. The van der Waals surface area contributed by atoms with E-state index < -0.39 is 21.5 Å². The summed E-state index contributed by atoms with van der Waals surface area (Å²) in [6.07, 6.45) is -0.558. The van der Waals surface area contributed by atoms with E-state index in [1.165, 1.54) is 11.8 Å². The van der Waals surface area contributed by atoms with Crippen LogP contribution >= 0.6 is 11.8 Å². The highest BCUT2D eigenvalue weighted by molar-refractivity contribution is 8.16. The maximum Gasteiger partial charge on any atom is 0.407 e. The highest BCUT2D eigenvalue weighted by Gasteiger charge is 2.49. The van der Waals surface area contributed by atoms with E-state index in [1.807, 2.05) is 36.9 Å². The monoisotopic (exact) mass is 467 g/mol. The molecular weight excluding hydrogens is 438 g/mol. The number of amides is 2. The summed E-state index contributed by atoms with van der Waals surface area (Å²) in [4.78, 5) is 30.5. The van der Waals surface area contributed by atoms with Crippen molar-refractivity contribution in [3.05, 3.63) is 29.3 Å². The van der Waals surface area contributed by atoms with E-state index in [1.54, 1.807) is 20.8 Å². The van der Waals surface area contributed by atoms with Crippen LogP contribution in [0.15, 0.2) is 23.2 Å². The molecule has 0 bridgehead atoms. The molecule has 10 heteroatoms. The van der Waals surface area contributed by atoms with Gasteiger partial charge in [0.25, 0.3) is 0 Å². The van der Waals surface area contributed by atoms with Gasteiger partial charge in [0.15, 0.2) is 15.0 Å². The van der Waals surface area contributed by atoms with Crippen molar-refractivity contribution in [3.63, 3.8) is 0 Å². The Bertz CT molecular complexity index is 994. The van der Waals surface area contributed by atoms with E-state index in [-0.39, 0.29) is 41.7 Å². The molecule has 0 aliphatic carbocycles. The molecule has 0 saturated carbocycles. The minimum Gasteiger partial charge on any atom is -0.444 e. The zero-order valence-electron chi connectivity index (χ0n) is 18.5. The molecule has 170 valence electrons. The fraction of sp³-hybridized carbons (Fsp3) is 0.571. The van der Waals surface area contributed by atoms with Crippen LogP contribution in [0.3, 0.4) is 0 Å². The van der Waals surface area contributed by atoms with E-state index in [4.69, 9.17) is 4.74 Å². The molecule has 8 nitrogen and oxygen atoms in total. The number of nitrogens with one attached hydrogen (secondary N) is 1. The number of aryl methyl sites for hydroxylation is 2. The second-order valence-corrected chi connectivity index (χ2v) is 12.2. The molecule has 2 amide bonds. The van der Waals surface area contributed by atoms with Gasteiger partial charge in [-0.3, -0.25) is 4.79 Å². The van der Waals surface area contributed by atoms with Gasteiger partial charge in [-0.15, -0.1) is 0 Å². The summed E-state index contributed by atoms with van der Waals surface area (Å²) in [6.45, 7) is 9.34. The smallest absolute Gasteiger partial charge is 0.407 e. The van der Waals surface area contributed by atoms with Crippen LogP contribution in [-0.4, -0.2) is 60.5 Å². The number of hydrogen-bond acceptors (Lipinski definition) is 6. The molecule has 2 aliphatic heterocycles. The number of fused-ring (bicyclic) bond motifs is 1. The summed E-state index contributed by atoms with van der Waals surface area (Å²) in [6, 6.07) is 5.63. The Morgan fingerprint density at radius 1 is 1.23 bits per heavy atom. The lowest BCUT2D eigenvalue weighted by Gasteiger charge is -2.28. The molecule has 1 aromatic carbocycles. The van der Waals surface area contributed by atoms with Gasteiger partial charge in [0.1, 0.15) is 5.60 Å². The zero-order chi connectivity index (χ0) is 23.0. The van der Waals surface area contributed by atoms with Gasteiger partial charge in [-0.1, -0.05) is 30.0 Å². The average Bonchev–Trinajstić information content (AvgIpc) is 3.05. The van der Waals surface area contributed by atoms with Gasteiger partial charge in [-0.25, -0.2) is 13.2 Å². The molecule has 2 saturated heterocycles. The van der Waals surface area contributed by atoms with Gasteiger partial charge in [0.05, 0.1) is 17.5 Å². The molecule has 1 N–H and O–H groups in total. The third kappa shape index (κ3) is 5.79. The number of ether oxygens (including phenoxy) is 1. The summed E-state index contributed by atoms with van der Waals surface area (Å²) in [7, 11) is -3.13. The lowest BCUT2D eigenvalue weighted by molar-refractivity contribution is -0.117. The number of thioether (sulfide) groups is 1. The lowest BCUT2D eigenvalue weighted by atomic mass is 10.1. The number of alkyl carbamates (subject to hydrolysis) is 1. The molecule has 0 aromatic heterocycles. The number of carbonyl (C=O) groups excluding carboxylic acids is 2. The maximum atomic E-state index is 12.5. The molecule has 2 atom stereocenters. The number of rotatable bonds is 4. The number of nitrogens with zero attached hydrogens (tertiary/aromatic N) is 2. The van der Waals surface area contributed by atoms with Crippen LogP contribution in [-0.2, 0) is 19.4 Å². The summed E-state index contributed by atoms with van der Waals surface area (Å²) < 4.78 is 29.6. The third-order valence-corrected chi connectivity index (χ3v) is 8.18. The second kappa shape index (κ2) is 8.82. The van der Waals surface area contributed by atoms with Crippen molar-refractivity contribution in [2.45, 2.75) is 57.9 Å². The van der Waals surface area contributed by atoms with E-state index in [9.17, 15) is 18.0 Å². The van der Waals surface area contributed by atoms with Crippen LogP contribution in [0.2, 0.25) is 0 Å². The summed E-state index contributed by atoms with van der Waals surface area (Å²) in [5.74, 6) is -0.249. The molecule has 0 unspecified atom stereocenters. The first kappa shape index (κ1) is 23.6. The largest absolute Gasteiger partial charge is 0.444 e. The van der Waals surface area contributed by atoms with E-state index in [2.05, 4.69) is 10.3 Å². The molecule has 3 rings (SSSR count). The molecule has 2 heterocycles. The number of aliphatic imine (C=N–C) groups is 1. The first-order chi connectivity index (χ1) is 14.4.